The quantitative estimate of drug-likeness (QED) is 0.693. The summed E-state index contributed by atoms with van der Waals surface area (Å²) in [7, 11) is 0. The molecule has 0 bridgehead atoms. The van der Waals surface area contributed by atoms with Crippen LogP contribution in [0.1, 0.15) is 17.3 Å². The van der Waals surface area contributed by atoms with Crippen LogP contribution in [0.25, 0.3) is 0 Å². The van der Waals surface area contributed by atoms with Gasteiger partial charge in [-0.25, -0.2) is 9.97 Å². The number of aromatic amines is 2. The Morgan fingerprint density at radius 2 is 2.25 bits per heavy atom. The summed E-state index contributed by atoms with van der Waals surface area (Å²) in [6.07, 6.45) is 6.11. The molecule has 0 saturated heterocycles. The van der Waals surface area contributed by atoms with Gasteiger partial charge in [-0.1, -0.05) is 0 Å². The molecular weight excluding hydrogens is 152 g/mol. The molecule has 0 spiro atoms. The van der Waals surface area contributed by atoms with Gasteiger partial charge in [0.1, 0.15) is 11.6 Å². The number of hydrogen-bond donors (Lipinski definition) is 2. The second kappa shape index (κ2) is 2.81. The molecule has 4 heteroatoms. The molecule has 2 heterocycles. The minimum absolute atomic E-state index is 0.737. The van der Waals surface area contributed by atoms with Gasteiger partial charge >= 0.3 is 0 Å². The van der Waals surface area contributed by atoms with Gasteiger partial charge in [-0.2, -0.15) is 0 Å². The SMILES string of the molecule is Cc1cnc(Cc2ncc[nH]2)[nH]1. The van der Waals surface area contributed by atoms with Crippen LogP contribution < -0.4 is 0 Å². The van der Waals surface area contributed by atoms with Crippen LogP contribution in [0.3, 0.4) is 0 Å². The van der Waals surface area contributed by atoms with Crippen LogP contribution in [0.15, 0.2) is 18.6 Å². The molecule has 0 fully saturated rings. The van der Waals surface area contributed by atoms with Crippen molar-refractivity contribution >= 4 is 0 Å². The van der Waals surface area contributed by atoms with Crippen molar-refractivity contribution in [2.24, 2.45) is 0 Å². The van der Waals surface area contributed by atoms with Gasteiger partial charge in [0.2, 0.25) is 0 Å². The summed E-state index contributed by atoms with van der Waals surface area (Å²) in [5.74, 6) is 1.88. The van der Waals surface area contributed by atoms with Crippen molar-refractivity contribution in [1.29, 1.82) is 0 Å². The maximum absolute atomic E-state index is 4.18. The number of imidazole rings is 2. The molecule has 2 N–H and O–H groups in total. The van der Waals surface area contributed by atoms with E-state index in [0.29, 0.717) is 0 Å². The van der Waals surface area contributed by atoms with E-state index in [0.717, 1.165) is 23.8 Å². The van der Waals surface area contributed by atoms with Crippen LogP contribution in [0.4, 0.5) is 0 Å². The lowest BCUT2D eigenvalue weighted by Gasteiger charge is -1.90. The predicted molar refractivity (Wildman–Crippen MR) is 44.7 cm³/mol. The van der Waals surface area contributed by atoms with Crippen molar-refractivity contribution in [2.75, 3.05) is 0 Å². The highest BCUT2D eigenvalue weighted by molar-refractivity contribution is 5.04. The molecule has 2 aromatic rings. The van der Waals surface area contributed by atoms with Gasteiger partial charge in [0.05, 0.1) is 6.42 Å². The molecule has 2 rings (SSSR count). The average molecular weight is 162 g/mol. The predicted octanol–water partition coefficient (Wildman–Crippen LogP) is 1.03. The van der Waals surface area contributed by atoms with Gasteiger partial charge in [-0.05, 0) is 6.92 Å². The Morgan fingerprint density at radius 1 is 1.33 bits per heavy atom. The first-order chi connectivity index (χ1) is 5.84. The Kier molecular flexibility index (Phi) is 1.66. The standard InChI is InChI=1S/C8H10N4/c1-6-5-11-8(12-6)4-7-9-2-3-10-7/h2-3,5H,4H2,1H3,(H,9,10)(H,11,12). The van der Waals surface area contributed by atoms with Crippen LogP contribution >= 0.6 is 0 Å². The van der Waals surface area contributed by atoms with Gasteiger partial charge < -0.3 is 9.97 Å². The zero-order valence-electron chi connectivity index (χ0n) is 6.83. The highest BCUT2D eigenvalue weighted by Gasteiger charge is 2.00. The van der Waals surface area contributed by atoms with E-state index in [2.05, 4.69) is 19.9 Å². The summed E-state index contributed by atoms with van der Waals surface area (Å²) in [5, 5.41) is 0. The second-order valence-corrected chi connectivity index (χ2v) is 2.73. The minimum Gasteiger partial charge on any atom is -0.348 e. The lowest BCUT2D eigenvalue weighted by molar-refractivity contribution is 0.941. The minimum atomic E-state index is 0.737. The van der Waals surface area contributed by atoms with E-state index < -0.39 is 0 Å². The number of aromatic nitrogens is 4. The van der Waals surface area contributed by atoms with E-state index in [9.17, 15) is 0 Å². The van der Waals surface area contributed by atoms with Crippen molar-refractivity contribution in [3.05, 3.63) is 35.9 Å². The summed E-state index contributed by atoms with van der Waals surface area (Å²) in [4.78, 5) is 14.4. The fourth-order valence-electron chi connectivity index (χ4n) is 1.11. The molecule has 0 aliphatic heterocycles. The first-order valence-electron chi connectivity index (χ1n) is 3.83. The normalized spacial score (nSPS) is 10.4. The van der Waals surface area contributed by atoms with Crippen LogP contribution in [-0.2, 0) is 6.42 Å². The third kappa shape index (κ3) is 1.37. The Morgan fingerprint density at radius 3 is 2.83 bits per heavy atom. The Balaban J connectivity index is 2.14. The zero-order chi connectivity index (χ0) is 8.39. The van der Waals surface area contributed by atoms with E-state index in [1.54, 1.807) is 6.20 Å². The molecule has 0 saturated carbocycles. The third-order valence-corrected chi connectivity index (χ3v) is 1.65. The number of hydrogen-bond acceptors (Lipinski definition) is 2. The van der Waals surface area contributed by atoms with E-state index in [1.165, 1.54) is 0 Å². The van der Waals surface area contributed by atoms with E-state index in [1.807, 2.05) is 19.3 Å². The summed E-state index contributed by atoms with van der Waals surface area (Å²) in [6, 6.07) is 0. The van der Waals surface area contributed by atoms with Gasteiger partial charge in [-0.15, -0.1) is 0 Å². The highest BCUT2D eigenvalue weighted by atomic mass is 14.9. The summed E-state index contributed by atoms with van der Waals surface area (Å²) >= 11 is 0. The molecule has 0 aliphatic rings. The van der Waals surface area contributed by atoms with Gasteiger partial charge in [0, 0.05) is 24.3 Å². The van der Waals surface area contributed by atoms with Crippen molar-refractivity contribution in [3.8, 4) is 0 Å². The van der Waals surface area contributed by atoms with Crippen molar-refractivity contribution < 1.29 is 0 Å². The van der Waals surface area contributed by atoms with Crippen LogP contribution in [0, 0.1) is 6.92 Å². The summed E-state index contributed by atoms with van der Waals surface area (Å²) in [5.41, 5.74) is 1.08. The monoisotopic (exact) mass is 162 g/mol. The number of H-pyrrole nitrogens is 2. The molecule has 62 valence electrons. The Labute approximate surface area is 70.1 Å². The molecule has 0 aliphatic carbocycles. The first kappa shape index (κ1) is 7.09. The maximum Gasteiger partial charge on any atom is 0.113 e. The van der Waals surface area contributed by atoms with Crippen LogP contribution in [-0.4, -0.2) is 19.9 Å². The smallest absolute Gasteiger partial charge is 0.113 e. The van der Waals surface area contributed by atoms with Crippen molar-refractivity contribution in [2.45, 2.75) is 13.3 Å². The fraction of sp³-hybridized carbons (Fsp3) is 0.250. The average Bonchev–Trinajstić information content (AvgIpc) is 2.63. The number of nitrogens with one attached hydrogen (secondary N) is 2. The Bertz CT molecular complexity index is 347. The topological polar surface area (TPSA) is 57.4 Å². The van der Waals surface area contributed by atoms with Gasteiger partial charge in [0.25, 0.3) is 0 Å². The van der Waals surface area contributed by atoms with Crippen LogP contribution in [0.5, 0.6) is 0 Å². The zero-order valence-corrected chi connectivity index (χ0v) is 6.83. The fourth-order valence-corrected chi connectivity index (χ4v) is 1.11. The third-order valence-electron chi connectivity index (χ3n) is 1.65. The lowest BCUT2D eigenvalue weighted by atomic mass is 10.4. The van der Waals surface area contributed by atoms with Gasteiger partial charge in [-0.3, -0.25) is 0 Å². The molecule has 4 nitrogen and oxygen atoms in total. The summed E-state index contributed by atoms with van der Waals surface area (Å²) in [6.45, 7) is 1.98. The largest absolute Gasteiger partial charge is 0.348 e. The van der Waals surface area contributed by atoms with Crippen LogP contribution in [0.2, 0.25) is 0 Å². The molecular formula is C8H10N4. The number of rotatable bonds is 2. The molecule has 0 atom stereocenters. The molecule has 2 aromatic heterocycles. The molecule has 0 unspecified atom stereocenters. The Hall–Kier alpha value is -1.58. The lowest BCUT2D eigenvalue weighted by Crippen LogP contribution is -1.92. The molecule has 12 heavy (non-hydrogen) atoms. The summed E-state index contributed by atoms with van der Waals surface area (Å²) < 4.78 is 0. The van der Waals surface area contributed by atoms with E-state index in [-0.39, 0.29) is 0 Å². The van der Waals surface area contributed by atoms with E-state index in [4.69, 9.17) is 0 Å². The highest BCUT2D eigenvalue weighted by Crippen LogP contribution is 2.00. The second-order valence-electron chi connectivity index (χ2n) is 2.73. The first-order valence-corrected chi connectivity index (χ1v) is 3.83. The van der Waals surface area contributed by atoms with E-state index >= 15 is 0 Å². The van der Waals surface area contributed by atoms with Crippen molar-refractivity contribution in [1.82, 2.24) is 19.9 Å². The van der Waals surface area contributed by atoms with Gasteiger partial charge in [0.15, 0.2) is 0 Å². The molecule has 0 aromatic carbocycles. The molecule has 0 radical (unpaired) electrons. The van der Waals surface area contributed by atoms with Crippen molar-refractivity contribution in [3.63, 3.8) is 0 Å². The number of nitrogens with zero attached hydrogens (tertiary/aromatic N) is 2. The molecule has 0 amide bonds. The number of aryl methyl sites for hydroxylation is 1. The maximum atomic E-state index is 4.18.